The molecule has 1 aromatic heterocycles. The van der Waals surface area contributed by atoms with E-state index >= 15 is 0 Å². The lowest BCUT2D eigenvalue weighted by Gasteiger charge is -2.16. The number of carboxylic acids is 1. The van der Waals surface area contributed by atoms with Crippen molar-refractivity contribution in [3.05, 3.63) is 41.7 Å². The first-order valence-corrected chi connectivity index (χ1v) is 8.00. The fourth-order valence-electron chi connectivity index (χ4n) is 2.68. The first kappa shape index (κ1) is 14.1. The van der Waals surface area contributed by atoms with Crippen molar-refractivity contribution in [1.29, 1.82) is 0 Å². The van der Waals surface area contributed by atoms with E-state index in [4.69, 9.17) is 5.11 Å². The van der Waals surface area contributed by atoms with Crippen molar-refractivity contribution in [1.82, 2.24) is 14.8 Å². The monoisotopic (exact) mass is 303 g/mol. The second-order valence-electron chi connectivity index (χ2n) is 5.18. The quantitative estimate of drug-likeness (QED) is 0.831. The van der Waals surface area contributed by atoms with Gasteiger partial charge in [0.1, 0.15) is 5.82 Å². The summed E-state index contributed by atoms with van der Waals surface area (Å²) in [5.41, 5.74) is 1.23. The summed E-state index contributed by atoms with van der Waals surface area (Å²) in [7, 11) is 0. The largest absolute Gasteiger partial charge is 0.481 e. The summed E-state index contributed by atoms with van der Waals surface area (Å²) in [6, 6.07) is 10.4. The van der Waals surface area contributed by atoms with Crippen molar-refractivity contribution in [2.45, 2.75) is 36.9 Å². The summed E-state index contributed by atoms with van der Waals surface area (Å²) < 4.78 is 2.05. The van der Waals surface area contributed by atoms with Gasteiger partial charge in [-0.2, -0.15) is 0 Å². The minimum atomic E-state index is -0.837. The molecule has 6 heteroatoms. The number of carbonyl (C=O) groups is 1. The third-order valence-corrected chi connectivity index (χ3v) is 4.81. The molecule has 1 aliphatic carbocycles. The third-order valence-electron chi connectivity index (χ3n) is 3.86. The molecule has 21 heavy (non-hydrogen) atoms. The Morgan fingerprint density at radius 3 is 2.62 bits per heavy atom. The number of hydrogen-bond donors (Lipinski definition) is 1. The number of hydrogen-bond acceptors (Lipinski definition) is 4. The van der Waals surface area contributed by atoms with Crippen molar-refractivity contribution < 1.29 is 9.90 Å². The predicted octanol–water partition coefficient (Wildman–Crippen LogP) is 2.55. The number of thioether (sulfide) groups is 1. The molecule has 0 spiro atoms. The lowest BCUT2D eigenvalue weighted by molar-refractivity contribution is -0.133. The van der Waals surface area contributed by atoms with E-state index in [1.165, 1.54) is 17.3 Å². The van der Waals surface area contributed by atoms with E-state index in [2.05, 4.69) is 22.3 Å². The number of carboxylic acid groups (broad SMARTS) is 1. The lowest BCUT2D eigenvalue weighted by Crippen LogP contribution is -2.16. The molecule has 1 heterocycles. The van der Waals surface area contributed by atoms with Crippen molar-refractivity contribution in [3.8, 4) is 0 Å². The van der Waals surface area contributed by atoms with Crippen LogP contribution < -0.4 is 0 Å². The highest BCUT2D eigenvalue weighted by Gasteiger charge is 2.50. The zero-order valence-electron chi connectivity index (χ0n) is 11.8. The van der Waals surface area contributed by atoms with Gasteiger partial charge in [0.15, 0.2) is 5.16 Å². The second kappa shape index (κ2) is 5.52. The lowest BCUT2D eigenvalue weighted by atomic mass is 9.95. The summed E-state index contributed by atoms with van der Waals surface area (Å²) in [4.78, 5) is 10.7. The van der Waals surface area contributed by atoms with Crippen molar-refractivity contribution in [3.63, 3.8) is 0 Å². The van der Waals surface area contributed by atoms with Crippen LogP contribution in [0.15, 0.2) is 35.5 Å². The Hall–Kier alpha value is -1.82. The summed E-state index contributed by atoms with van der Waals surface area (Å²) in [5, 5.41) is 18.1. The van der Waals surface area contributed by atoms with E-state index in [9.17, 15) is 4.79 Å². The van der Waals surface area contributed by atoms with Gasteiger partial charge in [0, 0.05) is 6.54 Å². The highest BCUT2D eigenvalue weighted by atomic mass is 32.2. The minimum absolute atomic E-state index is 0.0104. The molecule has 3 rings (SSSR count). The Bertz CT molecular complexity index is 650. The molecule has 1 aliphatic rings. The van der Waals surface area contributed by atoms with Crippen LogP contribution in [0.4, 0.5) is 0 Å². The van der Waals surface area contributed by atoms with Crippen LogP contribution in [0.1, 0.15) is 31.2 Å². The van der Waals surface area contributed by atoms with Crippen molar-refractivity contribution in [2.75, 3.05) is 5.75 Å². The van der Waals surface area contributed by atoms with Gasteiger partial charge in [0.25, 0.3) is 0 Å². The maximum absolute atomic E-state index is 10.7. The third kappa shape index (κ3) is 2.55. The molecule has 1 N–H and O–H groups in total. The van der Waals surface area contributed by atoms with Crippen molar-refractivity contribution >= 4 is 17.7 Å². The second-order valence-corrected chi connectivity index (χ2v) is 6.12. The molecule has 110 valence electrons. The van der Waals surface area contributed by atoms with Gasteiger partial charge in [-0.1, -0.05) is 42.1 Å². The van der Waals surface area contributed by atoms with Gasteiger partial charge in [0.05, 0.1) is 11.2 Å². The molecule has 1 aromatic carbocycles. The van der Waals surface area contributed by atoms with E-state index in [0.717, 1.165) is 25.2 Å². The first-order chi connectivity index (χ1) is 10.2. The zero-order valence-corrected chi connectivity index (χ0v) is 12.6. The van der Waals surface area contributed by atoms with Crippen LogP contribution >= 0.6 is 11.8 Å². The van der Waals surface area contributed by atoms with Gasteiger partial charge >= 0.3 is 5.97 Å². The molecular weight excluding hydrogens is 286 g/mol. The Morgan fingerprint density at radius 2 is 2.05 bits per heavy atom. The predicted molar refractivity (Wildman–Crippen MR) is 80.5 cm³/mol. The van der Waals surface area contributed by atoms with E-state index < -0.39 is 5.97 Å². The average Bonchev–Trinajstić information content (AvgIpc) is 3.20. The van der Waals surface area contributed by atoms with Crippen LogP contribution in [-0.2, 0) is 16.8 Å². The molecule has 0 unspecified atom stereocenters. The summed E-state index contributed by atoms with van der Waals surface area (Å²) >= 11 is 1.23. The minimum Gasteiger partial charge on any atom is -0.481 e. The normalized spacial score (nSPS) is 15.9. The SMILES string of the molecule is CCn1c(SCC(=O)O)nnc1C1(c2ccccc2)CC1. The number of nitrogens with zero attached hydrogens (tertiary/aromatic N) is 3. The highest BCUT2D eigenvalue weighted by Crippen LogP contribution is 2.53. The smallest absolute Gasteiger partial charge is 0.313 e. The summed E-state index contributed by atoms with van der Waals surface area (Å²) in [6.07, 6.45) is 2.14. The molecular formula is C15H17N3O2S. The number of aromatic nitrogens is 3. The fourth-order valence-corrected chi connectivity index (χ4v) is 3.41. The van der Waals surface area contributed by atoms with E-state index in [1.807, 2.05) is 29.7 Å². The Labute approximate surface area is 127 Å². The number of rotatable bonds is 6. The molecule has 0 bridgehead atoms. The van der Waals surface area contributed by atoms with Gasteiger partial charge in [-0.15, -0.1) is 10.2 Å². The van der Waals surface area contributed by atoms with E-state index in [1.54, 1.807) is 0 Å². The highest BCUT2D eigenvalue weighted by molar-refractivity contribution is 7.99. The molecule has 0 saturated heterocycles. The van der Waals surface area contributed by atoms with Crippen LogP contribution in [0.3, 0.4) is 0 Å². The maximum atomic E-state index is 10.7. The zero-order chi connectivity index (χ0) is 14.9. The molecule has 5 nitrogen and oxygen atoms in total. The molecule has 0 aliphatic heterocycles. The molecule has 1 fully saturated rings. The van der Waals surface area contributed by atoms with Crippen LogP contribution in [0, 0.1) is 0 Å². The Kier molecular flexibility index (Phi) is 3.71. The van der Waals surface area contributed by atoms with Crippen LogP contribution in [-0.4, -0.2) is 31.6 Å². The maximum Gasteiger partial charge on any atom is 0.313 e. The van der Waals surface area contributed by atoms with Gasteiger partial charge in [0.2, 0.25) is 0 Å². The molecule has 0 atom stereocenters. The summed E-state index contributed by atoms with van der Waals surface area (Å²) in [6.45, 7) is 2.79. The van der Waals surface area contributed by atoms with Gasteiger partial charge < -0.3 is 9.67 Å². The number of benzene rings is 1. The first-order valence-electron chi connectivity index (χ1n) is 7.01. The number of aliphatic carboxylic acids is 1. The Balaban J connectivity index is 1.94. The molecule has 2 aromatic rings. The molecule has 1 saturated carbocycles. The van der Waals surface area contributed by atoms with Gasteiger partial charge in [-0.05, 0) is 25.3 Å². The van der Waals surface area contributed by atoms with E-state index in [-0.39, 0.29) is 11.2 Å². The Morgan fingerprint density at radius 1 is 1.33 bits per heavy atom. The van der Waals surface area contributed by atoms with Gasteiger partial charge in [-0.3, -0.25) is 4.79 Å². The van der Waals surface area contributed by atoms with Crippen LogP contribution in [0.5, 0.6) is 0 Å². The average molecular weight is 303 g/mol. The van der Waals surface area contributed by atoms with Gasteiger partial charge in [-0.25, -0.2) is 0 Å². The standard InChI is InChI=1S/C15H17N3O2S/c1-2-18-13(16-17-14(18)21-10-12(19)20)15(8-9-15)11-6-4-3-5-7-11/h3-7H,2,8-10H2,1H3,(H,19,20). The topological polar surface area (TPSA) is 68.0 Å². The van der Waals surface area contributed by atoms with E-state index in [0.29, 0.717) is 5.16 Å². The molecule has 0 radical (unpaired) electrons. The van der Waals surface area contributed by atoms with Crippen LogP contribution in [0.2, 0.25) is 0 Å². The van der Waals surface area contributed by atoms with Crippen LogP contribution in [0.25, 0.3) is 0 Å². The summed E-state index contributed by atoms with van der Waals surface area (Å²) in [5.74, 6) is 0.136. The fraction of sp³-hybridized carbons (Fsp3) is 0.400. The molecule has 0 amide bonds. The van der Waals surface area contributed by atoms with Crippen molar-refractivity contribution in [2.24, 2.45) is 0 Å².